The molecule has 0 spiro atoms. The molecule has 0 bridgehead atoms. The average molecular weight is 230 g/mol. The van der Waals surface area contributed by atoms with E-state index in [9.17, 15) is 0 Å². The molecule has 1 aromatic heterocycles. The predicted octanol–water partition coefficient (Wildman–Crippen LogP) is 2.67. The SMILES string of the molecule is N#Cc1cnc(NC2CCCCCC2)c(N)c1. The van der Waals surface area contributed by atoms with Crippen LogP contribution in [-0.4, -0.2) is 11.0 Å². The summed E-state index contributed by atoms with van der Waals surface area (Å²) in [6.45, 7) is 0. The van der Waals surface area contributed by atoms with Crippen LogP contribution >= 0.6 is 0 Å². The van der Waals surface area contributed by atoms with Crippen LogP contribution < -0.4 is 11.1 Å². The van der Waals surface area contributed by atoms with Crippen molar-refractivity contribution in [1.82, 2.24) is 4.98 Å². The second kappa shape index (κ2) is 5.53. The molecular formula is C13H18N4. The van der Waals surface area contributed by atoms with Gasteiger partial charge in [-0.1, -0.05) is 25.7 Å². The Hall–Kier alpha value is -1.76. The van der Waals surface area contributed by atoms with E-state index in [-0.39, 0.29) is 0 Å². The molecule has 1 aromatic rings. The normalized spacial score (nSPS) is 17.1. The van der Waals surface area contributed by atoms with Gasteiger partial charge in [0.1, 0.15) is 11.9 Å². The molecular weight excluding hydrogens is 212 g/mol. The van der Waals surface area contributed by atoms with Crippen LogP contribution in [0.1, 0.15) is 44.1 Å². The lowest BCUT2D eigenvalue weighted by Gasteiger charge is -2.17. The molecule has 17 heavy (non-hydrogen) atoms. The average Bonchev–Trinajstić information content (AvgIpc) is 2.60. The van der Waals surface area contributed by atoms with E-state index in [2.05, 4.69) is 10.3 Å². The number of anilines is 2. The lowest BCUT2D eigenvalue weighted by Crippen LogP contribution is -2.20. The molecule has 1 aliphatic rings. The third-order valence-corrected chi connectivity index (χ3v) is 3.24. The highest BCUT2D eigenvalue weighted by Crippen LogP contribution is 2.23. The minimum absolute atomic E-state index is 0.472. The van der Waals surface area contributed by atoms with E-state index < -0.39 is 0 Å². The summed E-state index contributed by atoms with van der Waals surface area (Å²) in [5, 5.41) is 12.1. The zero-order valence-electron chi connectivity index (χ0n) is 9.95. The van der Waals surface area contributed by atoms with Crippen LogP contribution in [0.3, 0.4) is 0 Å². The van der Waals surface area contributed by atoms with Crippen LogP contribution in [0.5, 0.6) is 0 Å². The number of pyridine rings is 1. The Morgan fingerprint density at radius 3 is 2.59 bits per heavy atom. The fraction of sp³-hybridized carbons (Fsp3) is 0.538. The second-order valence-electron chi connectivity index (χ2n) is 4.61. The van der Waals surface area contributed by atoms with E-state index in [0.29, 0.717) is 17.3 Å². The predicted molar refractivity (Wildman–Crippen MR) is 68.5 cm³/mol. The smallest absolute Gasteiger partial charge is 0.149 e. The van der Waals surface area contributed by atoms with Crippen molar-refractivity contribution in [2.75, 3.05) is 11.1 Å². The van der Waals surface area contributed by atoms with Crippen LogP contribution in [0.4, 0.5) is 11.5 Å². The lowest BCUT2D eigenvalue weighted by molar-refractivity contribution is 0.618. The maximum absolute atomic E-state index is 8.75. The van der Waals surface area contributed by atoms with E-state index >= 15 is 0 Å². The molecule has 0 saturated heterocycles. The third-order valence-electron chi connectivity index (χ3n) is 3.24. The van der Waals surface area contributed by atoms with E-state index in [4.69, 9.17) is 11.0 Å². The molecule has 1 fully saturated rings. The Bertz CT molecular complexity index is 414. The maximum atomic E-state index is 8.75. The van der Waals surface area contributed by atoms with Gasteiger partial charge < -0.3 is 11.1 Å². The van der Waals surface area contributed by atoms with Gasteiger partial charge in [0.25, 0.3) is 0 Å². The molecule has 0 unspecified atom stereocenters. The van der Waals surface area contributed by atoms with Gasteiger partial charge >= 0.3 is 0 Å². The lowest BCUT2D eigenvalue weighted by atomic mass is 10.1. The van der Waals surface area contributed by atoms with Gasteiger partial charge in [0, 0.05) is 12.2 Å². The van der Waals surface area contributed by atoms with Crippen molar-refractivity contribution in [3.63, 3.8) is 0 Å². The fourth-order valence-corrected chi connectivity index (χ4v) is 2.28. The van der Waals surface area contributed by atoms with E-state index in [1.54, 1.807) is 12.3 Å². The first-order chi connectivity index (χ1) is 8.29. The molecule has 90 valence electrons. The van der Waals surface area contributed by atoms with E-state index in [1.807, 2.05) is 6.07 Å². The summed E-state index contributed by atoms with van der Waals surface area (Å²) in [5.41, 5.74) is 6.95. The largest absolute Gasteiger partial charge is 0.396 e. The number of nitriles is 1. The topological polar surface area (TPSA) is 74.7 Å². The molecule has 4 heteroatoms. The molecule has 4 nitrogen and oxygen atoms in total. The first-order valence-corrected chi connectivity index (χ1v) is 6.22. The fourth-order valence-electron chi connectivity index (χ4n) is 2.28. The van der Waals surface area contributed by atoms with Gasteiger partial charge in [-0.2, -0.15) is 5.26 Å². The van der Waals surface area contributed by atoms with Crippen LogP contribution in [-0.2, 0) is 0 Å². The number of nitrogens with one attached hydrogen (secondary N) is 1. The zero-order valence-corrected chi connectivity index (χ0v) is 9.95. The Kier molecular flexibility index (Phi) is 3.81. The molecule has 1 aliphatic carbocycles. The van der Waals surface area contributed by atoms with Crippen LogP contribution in [0, 0.1) is 11.3 Å². The highest BCUT2D eigenvalue weighted by atomic mass is 15.0. The second-order valence-corrected chi connectivity index (χ2v) is 4.61. The Morgan fingerprint density at radius 2 is 2.00 bits per heavy atom. The minimum Gasteiger partial charge on any atom is -0.396 e. The van der Waals surface area contributed by atoms with Crippen molar-refractivity contribution in [3.8, 4) is 6.07 Å². The Labute approximate surface area is 102 Å². The van der Waals surface area contributed by atoms with E-state index in [0.717, 1.165) is 5.82 Å². The molecule has 2 rings (SSSR count). The summed E-state index contributed by atoms with van der Waals surface area (Å²) >= 11 is 0. The molecule has 3 N–H and O–H groups in total. The zero-order chi connectivity index (χ0) is 12.1. The highest BCUT2D eigenvalue weighted by Gasteiger charge is 2.13. The number of nitrogens with zero attached hydrogens (tertiary/aromatic N) is 2. The van der Waals surface area contributed by atoms with Crippen LogP contribution in [0.15, 0.2) is 12.3 Å². The van der Waals surface area contributed by atoms with Crippen molar-refractivity contribution in [2.45, 2.75) is 44.6 Å². The quantitative estimate of drug-likeness (QED) is 0.766. The summed E-state index contributed by atoms with van der Waals surface area (Å²) in [5.74, 6) is 0.718. The number of nitrogen functional groups attached to an aromatic ring is 1. The first kappa shape index (κ1) is 11.7. The van der Waals surface area contributed by atoms with Gasteiger partial charge in [-0.15, -0.1) is 0 Å². The molecule has 0 aromatic carbocycles. The van der Waals surface area contributed by atoms with Crippen molar-refractivity contribution >= 4 is 11.5 Å². The van der Waals surface area contributed by atoms with Crippen molar-refractivity contribution in [2.24, 2.45) is 0 Å². The molecule has 0 radical (unpaired) electrons. The first-order valence-electron chi connectivity index (χ1n) is 6.22. The van der Waals surface area contributed by atoms with Gasteiger partial charge in [0.2, 0.25) is 0 Å². The molecule has 0 aliphatic heterocycles. The van der Waals surface area contributed by atoms with Crippen LogP contribution in [0.2, 0.25) is 0 Å². The number of hydrogen-bond acceptors (Lipinski definition) is 4. The maximum Gasteiger partial charge on any atom is 0.149 e. The van der Waals surface area contributed by atoms with E-state index in [1.165, 1.54) is 38.5 Å². The minimum atomic E-state index is 0.472. The standard InChI is InChI=1S/C13H18N4/c14-8-10-7-12(15)13(16-9-10)17-11-5-3-1-2-4-6-11/h7,9,11H,1-6,15H2,(H,16,17). The molecule has 1 heterocycles. The van der Waals surface area contributed by atoms with Gasteiger partial charge in [-0.05, 0) is 18.9 Å². The van der Waals surface area contributed by atoms with Crippen molar-refractivity contribution < 1.29 is 0 Å². The summed E-state index contributed by atoms with van der Waals surface area (Å²) in [4.78, 5) is 4.22. The molecule has 0 amide bonds. The molecule has 1 saturated carbocycles. The van der Waals surface area contributed by atoms with Crippen molar-refractivity contribution in [3.05, 3.63) is 17.8 Å². The number of rotatable bonds is 2. The summed E-state index contributed by atoms with van der Waals surface area (Å²) in [6, 6.07) is 4.18. The van der Waals surface area contributed by atoms with Gasteiger partial charge in [0.05, 0.1) is 11.3 Å². The van der Waals surface area contributed by atoms with Gasteiger partial charge in [-0.3, -0.25) is 0 Å². The van der Waals surface area contributed by atoms with Crippen LogP contribution in [0.25, 0.3) is 0 Å². The number of aromatic nitrogens is 1. The third kappa shape index (κ3) is 3.10. The van der Waals surface area contributed by atoms with Gasteiger partial charge in [0.15, 0.2) is 0 Å². The summed E-state index contributed by atoms with van der Waals surface area (Å²) < 4.78 is 0. The Balaban J connectivity index is 2.05. The monoisotopic (exact) mass is 230 g/mol. The number of hydrogen-bond donors (Lipinski definition) is 2. The van der Waals surface area contributed by atoms with Gasteiger partial charge in [-0.25, -0.2) is 4.98 Å². The number of nitrogens with two attached hydrogens (primary N) is 1. The summed E-state index contributed by atoms with van der Waals surface area (Å²) in [6.07, 6.45) is 9.13. The summed E-state index contributed by atoms with van der Waals surface area (Å²) in [7, 11) is 0. The molecule has 0 atom stereocenters. The highest BCUT2D eigenvalue weighted by molar-refractivity contribution is 5.63. The van der Waals surface area contributed by atoms with Crippen molar-refractivity contribution in [1.29, 1.82) is 5.26 Å². The Morgan fingerprint density at radius 1 is 1.29 bits per heavy atom.